The van der Waals surface area contributed by atoms with Crippen molar-refractivity contribution in [2.24, 2.45) is 10.9 Å². The van der Waals surface area contributed by atoms with Crippen molar-refractivity contribution in [1.82, 2.24) is 20.4 Å². The first-order valence-corrected chi connectivity index (χ1v) is 11.8. The molecule has 1 aliphatic carbocycles. The van der Waals surface area contributed by atoms with Gasteiger partial charge in [0.1, 0.15) is 0 Å². The topological polar surface area (TPSA) is 60.0 Å². The minimum absolute atomic E-state index is 0.278. The summed E-state index contributed by atoms with van der Waals surface area (Å²) in [7, 11) is 0. The van der Waals surface area contributed by atoms with E-state index in [0.717, 1.165) is 57.8 Å². The molecule has 1 amide bonds. The van der Waals surface area contributed by atoms with Crippen LogP contribution in [-0.4, -0.2) is 73.0 Å². The van der Waals surface area contributed by atoms with Crippen LogP contribution in [0.25, 0.3) is 0 Å². The van der Waals surface area contributed by atoms with Gasteiger partial charge >= 0.3 is 0 Å². The molecule has 6 nitrogen and oxygen atoms in total. The summed E-state index contributed by atoms with van der Waals surface area (Å²) in [6.07, 6.45) is 10.7. The van der Waals surface area contributed by atoms with E-state index in [2.05, 4.69) is 34.3 Å². The molecule has 0 radical (unpaired) electrons. The average molecular weight is 392 g/mol. The van der Waals surface area contributed by atoms with Gasteiger partial charge in [0.2, 0.25) is 5.91 Å². The number of hydrogen-bond donors (Lipinski definition) is 2. The number of nitrogens with one attached hydrogen (secondary N) is 2. The quantitative estimate of drug-likeness (QED) is 0.517. The van der Waals surface area contributed by atoms with Gasteiger partial charge in [-0.15, -0.1) is 0 Å². The molecule has 0 bridgehead atoms. The second-order valence-electron chi connectivity index (χ2n) is 8.77. The minimum atomic E-state index is 0.278. The van der Waals surface area contributed by atoms with Crippen LogP contribution in [0.2, 0.25) is 0 Å². The summed E-state index contributed by atoms with van der Waals surface area (Å²) in [6, 6.07) is 0.864. The maximum Gasteiger partial charge on any atom is 0.225 e. The molecule has 3 fully saturated rings. The zero-order chi connectivity index (χ0) is 19.8. The molecule has 2 aliphatic heterocycles. The number of hydrogen-bond acceptors (Lipinski definition) is 3. The lowest BCUT2D eigenvalue weighted by Gasteiger charge is -2.27. The summed E-state index contributed by atoms with van der Waals surface area (Å²) in [4.78, 5) is 22.4. The van der Waals surface area contributed by atoms with Crippen LogP contribution in [-0.2, 0) is 4.79 Å². The van der Waals surface area contributed by atoms with Crippen molar-refractivity contribution in [2.75, 3.05) is 39.3 Å². The molecule has 2 atom stereocenters. The Morgan fingerprint density at radius 2 is 1.79 bits per heavy atom. The number of guanidine groups is 1. The van der Waals surface area contributed by atoms with E-state index in [4.69, 9.17) is 4.99 Å². The van der Waals surface area contributed by atoms with Crippen LogP contribution in [0.1, 0.15) is 71.6 Å². The molecule has 28 heavy (non-hydrogen) atoms. The minimum Gasteiger partial charge on any atom is -0.357 e. The van der Waals surface area contributed by atoms with E-state index in [0.29, 0.717) is 18.0 Å². The number of carbonyl (C=O) groups excluding carboxylic acids is 1. The van der Waals surface area contributed by atoms with E-state index in [1.54, 1.807) is 0 Å². The van der Waals surface area contributed by atoms with Gasteiger partial charge in [0.15, 0.2) is 5.96 Å². The Bertz CT molecular complexity index is 511. The van der Waals surface area contributed by atoms with Crippen molar-refractivity contribution in [2.45, 2.75) is 83.7 Å². The van der Waals surface area contributed by atoms with Crippen molar-refractivity contribution in [3.05, 3.63) is 0 Å². The summed E-state index contributed by atoms with van der Waals surface area (Å²) in [5.74, 6) is 1.59. The van der Waals surface area contributed by atoms with E-state index in [1.807, 2.05) is 0 Å². The van der Waals surface area contributed by atoms with Crippen LogP contribution in [0.5, 0.6) is 0 Å². The first-order chi connectivity index (χ1) is 13.7. The fourth-order valence-corrected chi connectivity index (χ4v) is 5.01. The number of amides is 1. The third-order valence-electron chi connectivity index (χ3n) is 6.73. The summed E-state index contributed by atoms with van der Waals surface area (Å²) in [6.45, 7) is 10.2. The highest BCUT2D eigenvalue weighted by Crippen LogP contribution is 2.26. The summed E-state index contributed by atoms with van der Waals surface area (Å²) in [5.41, 5.74) is 0. The van der Waals surface area contributed by atoms with Crippen molar-refractivity contribution in [3.63, 3.8) is 0 Å². The summed E-state index contributed by atoms with van der Waals surface area (Å²) >= 11 is 0. The van der Waals surface area contributed by atoms with E-state index in [1.165, 1.54) is 45.2 Å². The highest BCUT2D eigenvalue weighted by molar-refractivity contribution is 5.81. The second kappa shape index (κ2) is 11.0. The molecule has 1 saturated carbocycles. The van der Waals surface area contributed by atoms with E-state index in [9.17, 15) is 4.79 Å². The van der Waals surface area contributed by atoms with Crippen LogP contribution in [0.3, 0.4) is 0 Å². The Kier molecular flexibility index (Phi) is 8.44. The van der Waals surface area contributed by atoms with E-state index < -0.39 is 0 Å². The summed E-state index contributed by atoms with van der Waals surface area (Å²) in [5, 5.41) is 7.01. The van der Waals surface area contributed by atoms with Crippen LogP contribution in [0, 0.1) is 5.92 Å². The van der Waals surface area contributed by atoms with Gasteiger partial charge in [0.25, 0.3) is 0 Å². The molecule has 0 aromatic rings. The zero-order valence-corrected chi connectivity index (χ0v) is 18.1. The fraction of sp³-hybridized carbons (Fsp3) is 0.909. The van der Waals surface area contributed by atoms with Crippen molar-refractivity contribution in [3.8, 4) is 0 Å². The van der Waals surface area contributed by atoms with E-state index in [-0.39, 0.29) is 5.92 Å². The Morgan fingerprint density at radius 3 is 2.46 bits per heavy atom. The number of aliphatic imine (C=N–C) groups is 1. The molecular weight excluding hydrogens is 350 g/mol. The van der Waals surface area contributed by atoms with Crippen molar-refractivity contribution < 1.29 is 4.79 Å². The first kappa shape index (κ1) is 21.4. The van der Waals surface area contributed by atoms with Gasteiger partial charge < -0.3 is 15.5 Å². The van der Waals surface area contributed by atoms with Gasteiger partial charge in [-0.2, -0.15) is 0 Å². The fourth-order valence-electron chi connectivity index (χ4n) is 5.01. The summed E-state index contributed by atoms with van der Waals surface area (Å²) < 4.78 is 0. The molecule has 2 unspecified atom stereocenters. The second-order valence-corrected chi connectivity index (χ2v) is 8.77. The van der Waals surface area contributed by atoms with Gasteiger partial charge in [-0.25, -0.2) is 0 Å². The number of likely N-dealkylation sites (tertiary alicyclic amines) is 2. The largest absolute Gasteiger partial charge is 0.357 e. The molecule has 3 aliphatic rings. The lowest BCUT2D eigenvalue weighted by molar-refractivity contribution is -0.135. The van der Waals surface area contributed by atoms with Gasteiger partial charge in [-0.05, 0) is 58.5 Å². The van der Waals surface area contributed by atoms with Gasteiger partial charge in [-0.1, -0.05) is 26.2 Å². The van der Waals surface area contributed by atoms with Crippen LogP contribution < -0.4 is 10.6 Å². The van der Waals surface area contributed by atoms with Crippen LogP contribution >= 0.6 is 0 Å². The maximum absolute atomic E-state index is 12.8. The predicted molar refractivity (Wildman–Crippen MR) is 116 cm³/mol. The maximum atomic E-state index is 12.8. The van der Waals surface area contributed by atoms with Crippen LogP contribution in [0.15, 0.2) is 4.99 Å². The smallest absolute Gasteiger partial charge is 0.225 e. The Hall–Kier alpha value is -1.30. The Balaban J connectivity index is 1.50. The molecule has 2 heterocycles. The molecule has 0 aromatic heterocycles. The van der Waals surface area contributed by atoms with Crippen LogP contribution in [0.4, 0.5) is 0 Å². The molecule has 2 saturated heterocycles. The normalized spacial score (nSPS) is 25.9. The zero-order valence-electron chi connectivity index (χ0n) is 18.1. The molecular formula is C22H41N5O. The SMILES string of the molecule is CCNC(=NCC(CC)N1CCCC1)NC1CCN(C(=O)C2CCCCC2)C1. The van der Waals surface area contributed by atoms with Gasteiger partial charge in [-0.3, -0.25) is 14.7 Å². The Labute approximate surface area is 171 Å². The number of rotatable bonds is 7. The third kappa shape index (κ3) is 5.85. The average Bonchev–Trinajstić information content (AvgIpc) is 3.41. The molecule has 2 N–H and O–H groups in total. The highest BCUT2D eigenvalue weighted by atomic mass is 16.2. The first-order valence-electron chi connectivity index (χ1n) is 11.8. The van der Waals surface area contributed by atoms with Gasteiger partial charge in [0.05, 0.1) is 6.54 Å². The lowest BCUT2D eigenvalue weighted by Crippen LogP contribution is -2.46. The molecule has 0 spiro atoms. The lowest BCUT2D eigenvalue weighted by atomic mass is 9.88. The third-order valence-corrected chi connectivity index (χ3v) is 6.73. The molecule has 3 rings (SSSR count). The molecule has 6 heteroatoms. The number of carbonyl (C=O) groups is 1. The molecule has 0 aromatic carbocycles. The number of nitrogens with zero attached hydrogens (tertiary/aromatic N) is 3. The standard InChI is InChI=1S/C22H41N5O/c1-3-20(26-13-8-9-14-26)16-24-22(23-4-2)25-19-12-15-27(17-19)21(28)18-10-6-5-7-11-18/h18-20H,3-17H2,1-2H3,(H2,23,24,25). The van der Waals surface area contributed by atoms with Gasteiger partial charge in [0, 0.05) is 37.6 Å². The monoisotopic (exact) mass is 391 g/mol. The van der Waals surface area contributed by atoms with E-state index >= 15 is 0 Å². The highest BCUT2D eigenvalue weighted by Gasteiger charge is 2.31. The van der Waals surface area contributed by atoms with Crippen molar-refractivity contribution >= 4 is 11.9 Å². The Morgan fingerprint density at radius 1 is 1.04 bits per heavy atom. The predicted octanol–water partition coefficient (Wildman–Crippen LogP) is 2.60. The van der Waals surface area contributed by atoms with Crippen molar-refractivity contribution in [1.29, 1.82) is 0 Å². The molecule has 160 valence electrons.